The molecule has 0 amide bonds. The predicted octanol–water partition coefficient (Wildman–Crippen LogP) is 4.06. The number of rotatable bonds is 5. The van der Waals surface area contributed by atoms with Crippen LogP contribution in [0.3, 0.4) is 0 Å². The summed E-state index contributed by atoms with van der Waals surface area (Å²) in [6.07, 6.45) is 5.63. The molecule has 17 heavy (non-hydrogen) atoms. The molecule has 3 heteroatoms. The van der Waals surface area contributed by atoms with Crippen LogP contribution in [-0.2, 0) is 0 Å². The molecule has 0 bridgehead atoms. The topological polar surface area (TPSA) is 21.3 Å². The Balaban J connectivity index is 1.72. The summed E-state index contributed by atoms with van der Waals surface area (Å²) in [5.41, 5.74) is 1.21. The lowest BCUT2D eigenvalue weighted by Gasteiger charge is -2.19. The standard InChI is InChI=1S/C14H18BrNO/c1-17-13-7-6-11(8-12(13)15)16-14(9-2-3-9)10-4-5-10/h6-10,14,16H,2-5H2,1H3. The monoisotopic (exact) mass is 295 g/mol. The first-order valence-electron chi connectivity index (χ1n) is 6.38. The van der Waals surface area contributed by atoms with E-state index in [1.54, 1.807) is 7.11 Å². The molecule has 0 heterocycles. The Kier molecular flexibility index (Phi) is 3.03. The smallest absolute Gasteiger partial charge is 0.133 e. The van der Waals surface area contributed by atoms with Crippen molar-refractivity contribution < 1.29 is 4.74 Å². The van der Waals surface area contributed by atoms with Gasteiger partial charge >= 0.3 is 0 Å². The van der Waals surface area contributed by atoms with Gasteiger partial charge in [-0.05, 0) is 71.6 Å². The van der Waals surface area contributed by atoms with Crippen LogP contribution in [0.5, 0.6) is 5.75 Å². The fourth-order valence-electron chi connectivity index (χ4n) is 2.48. The van der Waals surface area contributed by atoms with Crippen LogP contribution in [0.25, 0.3) is 0 Å². The van der Waals surface area contributed by atoms with Crippen molar-refractivity contribution in [1.29, 1.82) is 0 Å². The molecular formula is C14H18BrNO. The Morgan fingerprint density at radius 2 is 1.88 bits per heavy atom. The lowest BCUT2D eigenvalue weighted by atomic mass is 10.1. The number of anilines is 1. The van der Waals surface area contributed by atoms with Crippen LogP contribution in [0.1, 0.15) is 25.7 Å². The molecule has 0 unspecified atom stereocenters. The van der Waals surface area contributed by atoms with Crippen LogP contribution in [0, 0.1) is 11.8 Å². The van der Waals surface area contributed by atoms with Gasteiger partial charge in [0.2, 0.25) is 0 Å². The van der Waals surface area contributed by atoms with Crippen LogP contribution < -0.4 is 10.1 Å². The zero-order valence-electron chi connectivity index (χ0n) is 10.1. The molecule has 0 aliphatic heterocycles. The molecule has 2 saturated carbocycles. The lowest BCUT2D eigenvalue weighted by Crippen LogP contribution is -2.24. The van der Waals surface area contributed by atoms with Crippen molar-refractivity contribution in [1.82, 2.24) is 0 Å². The number of hydrogen-bond acceptors (Lipinski definition) is 2. The van der Waals surface area contributed by atoms with Crippen molar-refractivity contribution >= 4 is 21.6 Å². The molecule has 92 valence electrons. The maximum absolute atomic E-state index is 5.25. The molecule has 2 aliphatic carbocycles. The quantitative estimate of drug-likeness (QED) is 0.884. The maximum Gasteiger partial charge on any atom is 0.133 e. The number of hydrogen-bond donors (Lipinski definition) is 1. The average molecular weight is 296 g/mol. The fourth-order valence-corrected chi connectivity index (χ4v) is 3.02. The van der Waals surface area contributed by atoms with Crippen molar-refractivity contribution in [3.8, 4) is 5.75 Å². The molecule has 0 aromatic heterocycles. The first kappa shape index (κ1) is 11.4. The van der Waals surface area contributed by atoms with Gasteiger partial charge in [-0.25, -0.2) is 0 Å². The number of halogens is 1. The lowest BCUT2D eigenvalue weighted by molar-refractivity contribution is 0.412. The Bertz CT molecular complexity index is 401. The maximum atomic E-state index is 5.25. The van der Waals surface area contributed by atoms with Crippen LogP contribution in [0.15, 0.2) is 22.7 Å². The van der Waals surface area contributed by atoms with Crippen molar-refractivity contribution in [2.45, 2.75) is 31.7 Å². The van der Waals surface area contributed by atoms with Gasteiger partial charge < -0.3 is 10.1 Å². The highest BCUT2D eigenvalue weighted by atomic mass is 79.9. The molecule has 0 radical (unpaired) electrons. The third-order valence-electron chi connectivity index (χ3n) is 3.74. The van der Waals surface area contributed by atoms with Crippen molar-refractivity contribution in [2.24, 2.45) is 11.8 Å². The average Bonchev–Trinajstić information content (AvgIpc) is 3.16. The van der Waals surface area contributed by atoms with Crippen molar-refractivity contribution in [3.05, 3.63) is 22.7 Å². The summed E-state index contributed by atoms with van der Waals surface area (Å²) in [6, 6.07) is 6.96. The Morgan fingerprint density at radius 3 is 2.35 bits per heavy atom. The summed E-state index contributed by atoms with van der Waals surface area (Å²) in [4.78, 5) is 0. The number of methoxy groups -OCH3 is 1. The SMILES string of the molecule is COc1ccc(NC(C2CC2)C2CC2)cc1Br. The summed E-state index contributed by atoms with van der Waals surface area (Å²) in [7, 11) is 1.70. The van der Waals surface area contributed by atoms with Gasteiger partial charge in [-0.15, -0.1) is 0 Å². The summed E-state index contributed by atoms with van der Waals surface area (Å²) >= 11 is 3.54. The van der Waals surface area contributed by atoms with E-state index in [2.05, 4.69) is 33.4 Å². The van der Waals surface area contributed by atoms with Gasteiger partial charge in [-0.3, -0.25) is 0 Å². The molecule has 1 N–H and O–H groups in total. The van der Waals surface area contributed by atoms with E-state index in [9.17, 15) is 0 Å². The van der Waals surface area contributed by atoms with Gasteiger partial charge in [0.05, 0.1) is 11.6 Å². The van der Waals surface area contributed by atoms with Crippen LogP contribution in [-0.4, -0.2) is 13.2 Å². The molecule has 1 aromatic carbocycles. The Morgan fingerprint density at radius 1 is 1.24 bits per heavy atom. The van der Waals surface area contributed by atoms with E-state index >= 15 is 0 Å². The zero-order valence-corrected chi connectivity index (χ0v) is 11.7. The van der Waals surface area contributed by atoms with E-state index in [1.165, 1.54) is 31.4 Å². The van der Waals surface area contributed by atoms with E-state index in [4.69, 9.17) is 4.74 Å². The van der Waals surface area contributed by atoms with Gasteiger partial charge in [-0.1, -0.05) is 0 Å². The third kappa shape index (κ3) is 2.59. The molecule has 0 saturated heterocycles. The summed E-state index contributed by atoms with van der Waals surface area (Å²) < 4.78 is 6.27. The fraction of sp³-hybridized carbons (Fsp3) is 0.571. The number of ether oxygens (including phenoxy) is 1. The second-order valence-corrected chi connectivity index (χ2v) is 6.05. The normalized spacial score (nSPS) is 19.5. The third-order valence-corrected chi connectivity index (χ3v) is 4.36. The van der Waals surface area contributed by atoms with Crippen LogP contribution in [0.2, 0.25) is 0 Å². The molecule has 2 aliphatic rings. The molecule has 0 spiro atoms. The minimum absolute atomic E-state index is 0.704. The van der Waals surface area contributed by atoms with Gasteiger partial charge in [-0.2, -0.15) is 0 Å². The van der Waals surface area contributed by atoms with Crippen molar-refractivity contribution in [2.75, 3.05) is 12.4 Å². The Labute approximate surface area is 111 Å². The van der Waals surface area contributed by atoms with E-state index in [-0.39, 0.29) is 0 Å². The second-order valence-electron chi connectivity index (χ2n) is 5.19. The first-order chi connectivity index (χ1) is 8.28. The van der Waals surface area contributed by atoms with Gasteiger partial charge in [0.15, 0.2) is 0 Å². The Hall–Kier alpha value is -0.700. The molecule has 3 rings (SSSR count). The largest absolute Gasteiger partial charge is 0.496 e. The summed E-state index contributed by atoms with van der Waals surface area (Å²) in [5.74, 6) is 2.73. The molecule has 2 nitrogen and oxygen atoms in total. The molecule has 0 atom stereocenters. The predicted molar refractivity (Wildman–Crippen MR) is 73.6 cm³/mol. The van der Waals surface area contributed by atoms with Gasteiger partial charge in [0, 0.05) is 11.7 Å². The molecular weight excluding hydrogens is 278 g/mol. The van der Waals surface area contributed by atoms with Gasteiger partial charge in [0.25, 0.3) is 0 Å². The minimum Gasteiger partial charge on any atom is -0.496 e. The van der Waals surface area contributed by atoms with Crippen LogP contribution >= 0.6 is 15.9 Å². The van der Waals surface area contributed by atoms with Gasteiger partial charge in [0.1, 0.15) is 5.75 Å². The van der Waals surface area contributed by atoms with Crippen LogP contribution in [0.4, 0.5) is 5.69 Å². The second kappa shape index (κ2) is 4.52. The number of benzene rings is 1. The van der Waals surface area contributed by atoms with E-state index in [1.807, 2.05) is 6.07 Å². The van der Waals surface area contributed by atoms with E-state index < -0.39 is 0 Å². The highest BCUT2D eigenvalue weighted by Crippen LogP contribution is 2.46. The molecule has 1 aromatic rings. The summed E-state index contributed by atoms with van der Waals surface area (Å²) in [5, 5.41) is 3.71. The highest BCUT2D eigenvalue weighted by Gasteiger charge is 2.41. The van der Waals surface area contributed by atoms with Crippen molar-refractivity contribution in [3.63, 3.8) is 0 Å². The molecule has 2 fully saturated rings. The first-order valence-corrected chi connectivity index (χ1v) is 7.17. The highest BCUT2D eigenvalue weighted by molar-refractivity contribution is 9.10. The number of nitrogens with one attached hydrogen (secondary N) is 1. The summed E-state index contributed by atoms with van der Waals surface area (Å²) in [6.45, 7) is 0. The van der Waals surface area contributed by atoms with E-state index in [0.29, 0.717) is 6.04 Å². The minimum atomic E-state index is 0.704. The van der Waals surface area contributed by atoms with E-state index in [0.717, 1.165) is 22.1 Å². The zero-order chi connectivity index (χ0) is 11.8.